The van der Waals surface area contributed by atoms with Crippen LogP contribution in [0.2, 0.25) is 0 Å². The molecule has 4 heteroatoms. The zero-order valence-corrected chi connectivity index (χ0v) is 10.3. The third kappa shape index (κ3) is 2.89. The van der Waals surface area contributed by atoms with Crippen molar-refractivity contribution < 1.29 is 14.6 Å². The molecule has 17 heavy (non-hydrogen) atoms. The number of aliphatic hydroxyl groups excluding tert-OH is 1. The molecule has 1 rings (SSSR count). The van der Waals surface area contributed by atoms with E-state index in [1.54, 1.807) is 25.3 Å². The Labute approximate surface area is 101 Å². The minimum atomic E-state index is -0.866. The van der Waals surface area contributed by atoms with Gasteiger partial charge in [-0.05, 0) is 24.6 Å². The summed E-state index contributed by atoms with van der Waals surface area (Å²) >= 11 is 0. The molecule has 0 aliphatic carbocycles. The van der Waals surface area contributed by atoms with Crippen LogP contribution in [0.3, 0.4) is 0 Å². The Morgan fingerprint density at radius 3 is 2.53 bits per heavy atom. The van der Waals surface area contributed by atoms with Gasteiger partial charge in [0.2, 0.25) is 0 Å². The number of benzene rings is 1. The smallest absolute Gasteiger partial charge is 0.124 e. The van der Waals surface area contributed by atoms with E-state index in [4.69, 9.17) is 14.7 Å². The predicted molar refractivity (Wildman–Crippen MR) is 63.9 cm³/mol. The predicted octanol–water partition coefficient (Wildman–Crippen LogP) is 2.29. The lowest BCUT2D eigenvalue weighted by Crippen LogP contribution is -2.11. The van der Waals surface area contributed by atoms with Gasteiger partial charge in [0.25, 0.3) is 0 Å². The molecule has 0 aliphatic rings. The van der Waals surface area contributed by atoms with Crippen molar-refractivity contribution in [2.75, 3.05) is 14.2 Å². The van der Waals surface area contributed by atoms with Crippen molar-refractivity contribution in [2.24, 2.45) is 5.92 Å². The molecule has 0 heterocycles. The molecule has 0 bridgehead atoms. The van der Waals surface area contributed by atoms with Crippen LogP contribution in [0.15, 0.2) is 18.2 Å². The standard InChI is InChI=1S/C13H17NO3/c1-4-9(8-14)13(15)11-7-10(16-2)5-6-12(11)17-3/h5-7,9,13,15H,4H2,1-3H3. The Hall–Kier alpha value is -1.73. The fraction of sp³-hybridized carbons (Fsp3) is 0.462. The highest BCUT2D eigenvalue weighted by Gasteiger charge is 2.22. The Morgan fingerprint density at radius 2 is 2.06 bits per heavy atom. The third-order valence-electron chi connectivity index (χ3n) is 2.74. The van der Waals surface area contributed by atoms with Crippen molar-refractivity contribution in [1.82, 2.24) is 0 Å². The summed E-state index contributed by atoms with van der Waals surface area (Å²) in [5, 5.41) is 19.1. The second-order valence-electron chi connectivity index (χ2n) is 3.70. The minimum Gasteiger partial charge on any atom is -0.497 e. The monoisotopic (exact) mass is 235 g/mol. The van der Waals surface area contributed by atoms with Crippen molar-refractivity contribution in [3.8, 4) is 17.6 Å². The van der Waals surface area contributed by atoms with Gasteiger partial charge in [0.15, 0.2) is 0 Å². The first-order valence-electron chi connectivity index (χ1n) is 5.47. The first-order valence-corrected chi connectivity index (χ1v) is 5.47. The van der Waals surface area contributed by atoms with E-state index in [1.165, 1.54) is 7.11 Å². The van der Waals surface area contributed by atoms with E-state index < -0.39 is 12.0 Å². The van der Waals surface area contributed by atoms with E-state index in [2.05, 4.69) is 6.07 Å². The number of nitriles is 1. The maximum Gasteiger partial charge on any atom is 0.124 e. The fourth-order valence-corrected chi connectivity index (χ4v) is 1.67. The lowest BCUT2D eigenvalue weighted by Gasteiger charge is -2.18. The van der Waals surface area contributed by atoms with Crippen molar-refractivity contribution in [2.45, 2.75) is 19.4 Å². The summed E-state index contributed by atoms with van der Waals surface area (Å²) in [6, 6.07) is 7.27. The van der Waals surface area contributed by atoms with Crippen LogP contribution >= 0.6 is 0 Å². The maximum absolute atomic E-state index is 10.2. The number of hydrogen-bond donors (Lipinski definition) is 1. The van der Waals surface area contributed by atoms with Gasteiger partial charge in [-0.2, -0.15) is 5.26 Å². The highest BCUT2D eigenvalue weighted by atomic mass is 16.5. The summed E-state index contributed by atoms with van der Waals surface area (Å²) in [7, 11) is 3.09. The zero-order valence-electron chi connectivity index (χ0n) is 10.3. The third-order valence-corrected chi connectivity index (χ3v) is 2.74. The Kier molecular flexibility index (Phi) is 4.80. The first kappa shape index (κ1) is 13.3. The molecule has 0 aliphatic heterocycles. The van der Waals surface area contributed by atoms with Crippen LogP contribution in [-0.2, 0) is 0 Å². The van der Waals surface area contributed by atoms with Gasteiger partial charge >= 0.3 is 0 Å². The molecule has 0 fully saturated rings. The number of ether oxygens (including phenoxy) is 2. The number of nitrogens with zero attached hydrogens (tertiary/aromatic N) is 1. The SMILES string of the molecule is CCC(C#N)C(O)c1cc(OC)ccc1OC. The molecule has 0 amide bonds. The molecule has 1 N–H and O–H groups in total. The second-order valence-corrected chi connectivity index (χ2v) is 3.70. The number of rotatable bonds is 5. The van der Waals surface area contributed by atoms with Gasteiger partial charge < -0.3 is 14.6 Å². The van der Waals surface area contributed by atoms with Crippen molar-refractivity contribution in [3.63, 3.8) is 0 Å². The van der Waals surface area contributed by atoms with Gasteiger partial charge in [-0.25, -0.2) is 0 Å². The van der Waals surface area contributed by atoms with Crippen LogP contribution in [0.1, 0.15) is 25.0 Å². The zero-order chi connectivity index (χ0) is 12.8. The van der Waals surface area contributed by atoms with Gasteiger partial charge in [-0.1, -0.05) is 6.92 Å². The van der Waals surface area contributed by atoms with E-state index in [0.717, 1.165) is 0 Å². The van der Waals surface area contributed by atoms with E-state index in [-0.39, 0.29) is 0 Å². The van der Waals surface area contributed by atoms with Crippen LogP contribution in [0, 0.1) is 17.2 Å². The van der Waals surface area contributed by atoms with E-state index in [1.807, 2.05) is 6.92 Å². The molecule has 1 aromatic rings. The summed E-state index contributed by atoms with van der Waals surface area (Å²) < 4.78 is 10.3. The number of hydrogen-bond acceptors (Lipinski definition) is 4. The topological polar surface area (TPSA) is 62.5 Å². The van der Waals surface area contributed by atoms with Crippen LogP contribution in [0.4, 0.5) is 0 Å². The van der Waals surface area contributed by atoms with E-state index in [0.29, 0.717) is 23.5 Å². The van der Waals surface area contributed by atoms with Crippen LogP contribution in [0.25, 0.3) is 0 Å². The van der Waals surface area contributed by atoms with Gasteiger partial charge in [-0.15, -0.1) is 0 Å². The highest BCUT2D eigenvalue weighted by Crippen LogP contribution is 2.34. The quantitative estimate of drug-likeness (QED) is 0.850. The van der Waals surface area contributed by atoms with Crippen LogP contribution in [0.5, 0.6) is 11.5 Å². The molecule has 92 valence electrons. The summed E-state index contributed by atoms with van der Waals surface area (Å²) in [6.45, 7) is 1.86. The van der Waals surface area contributed by atoms with Gasteiger partial charge in [0, 0.05) is 5.56 Å². The van der Waals surface area contributed by atoms with Crippen LogP contribution in [-0.4, -0.2) is 19.3 Å². The molecule has 0 aromatic heterocycles. The maximum atomic E-state index is 10.2. The van der Waals surface area contributed by atoms with Gasteiger partial charge in [-0.3, -0.25) is 0 Å². The summed E-state index contributed by atoms with van der Waals surface area (Å²) in [5.74, 6) is 0.746. The average molecular weight is 235 g/mol. The van der Waals surface area contributed by atoms with Crippen molar-refractivity contribution in [1.29, 1.82) is 5.26 Å². The van der Waals surface area contributed by atoms with Crippen molar-refractivity contribution >= 4 is 0 Å². The molecule has 2 unspecified atom stereocenters. The van der Waals surface area contributed by atoms with Crippen molar-refractivity contribution in [3.05, 3.63) is 23.8 Å². The summed E-state index contributed by atoms with van der Waals surface area (Å²) in [6.07, 6.45) is -0.284. The number of aliphatic hydroxyl groups is 1. The minimum absolute atomic E-state index is 0.448. The Bertz CT molecular complexity index is 412. The van der Waals surface area contributed by atoms with Gasteiger partial charge in [0.05, 0.1) is 32.3 Å². The molecule has 0 radical (unpaired) electrons. The molecule has 4 nitrogen and oxygen atoms in total. The summed E-state index contributed by atoms with van der Waals surface area (Å²) in [4.78, 5) is 0. The molecule has 2 atom stereocenters. The Balaban J connectivity index is 3.13. The van der Waals surface area contributed by atoms with E-state index >= 15 is 0 Å². The Morgan fingerprint density at radius 1 is 1.35 bits per heavy atom. The molecule has 0 spiro atoms. The molecular weight excluding hydrogens is 218 g/mol. The largest absolute Gasteiger partial charge is 0.497 e. The molecule has 1 aromatic carbocycles. The van der Waals surface area contributed by atoms with Crippen LogP contribution < -0.4 is 9.47 Å². The second kappa shape index (κ2) is 6.12. The fourth-order valence-electron chi connectivity index (χ4n) is 1.67. The highest BCUT2D eigenvalue weighted by molar-refractivity contribution is 5.42. The molecule has 0 saturated carbocycles. The average Bonchev–Trinajstić information content (AvgIpc) is 2.39. The summed E-state index contributed by atoms with van der Waals surface area (Å²) in [5.41, 5.74) is 0.584. The van der Waals surface area contributed by atoms with Gasteiger partial charge in [0.1, 0.15) is 11.5 Å². The first-order chi connectivity index (χ1) is 8.17. The molecular formula is C13H17NO3. The lowest BCUT2D eigenvalue weighted by molar-refractivity contribution is 0.129. The molecule has 0 saturated heterocycles. The number of methoxy groups -OCH3 is 2. The lowest BCUT2D eigenvalue weighted by atomic mass is 9.94. The normalized spacial score (nSPS) is 13.6. The van der Waals surface area contributed by atoms with E-state index in [9.17, 15) is 5.11 Å².